The Bertz CT molecular complexity index is 1660. The van der Waals surface area contributed by atoms with Crippen LogP contribution in [0.5, 0.6) is 11.6 Å². The molecule has 0 aliphatic carbocycles. The molecule has 1 N–H and O–H groups in total. The highest BCUT2D eigenvalue weighted by molar-refractivity contribution is 6.99. The van der Waals surface area contributed by atoms with E-state index >= 15 is 0 Å². The Balaban J connectivity index is 1.30. The summed E-state index contributed by atoms with van der Waals surface area (Å²) < 4.78 is 20.3. The van der Waals surface area contributed by atoms with Gasteiger partial charge in [-0.1, -0.05) is 49.4 Å². The predicted molar refractivity (Wildman–Crippen MR) is 143 cm³/mol. The Kier molecular flexibility index (Phi) is 6.64. The number of rotatable bonds is 9. The maximum Gasteiger partial charge on any atom is 0.214 e. The Hall–Kier alpha value is -4.77. The number of aromatic amines is 1. The highest BCUT2D eigenvalue weighted by Gasteiger charge is 2.14. The summed E-state index contributed by atoms with van der Waals surface area (Å²) in [5.41, 5.74) is 6.95. The van der Waals surface area contributed by atoms with Crippen LogP contribution in [0.4, 0.5) is 0 Å². The zero-order chi connectivity index (χ0) is 25.7. The van der Waals surface area contributed by atoms with Gasteiger partial charge in [0.1, 0.15) is 30.2 Å². The molecule has 0 saturated carbocycles. The molecule has 10 nitrogen and oxygen atoms in total. The molecule has 6 aromatic rings. The van der Waals surface area contributed by atoms with Crippen molar-refractivity contribution in [1.82, 2.24) is 39.3 Å². The number of nitrogens with zero attached hydrogens (tertiary/aromatic N) is 7. The van der Waals surface area contributed by atoms with E-state index in [9.17, 15) is 0 Å². The van der Waals surface area contributed by atoms with Crippen molar-refractivity contribution in [3.8, 4) is 34.1 Å². The standard InChI is InChI=1S/C27H22N8O2S/c1-2-19-13-24(26-23(29-19)10-11-25(30-26)37-16-20-14-28-38-33-20)36-15-17-8-9-21(18-6-4-3-5-7-18)22(12-17)27-31-34-35-32-27/h3-14H,2,15-16H2,1H3,(H,31,32,34,35). The number of fused-ring (bicyclic) bond motifs is 1. The molecule has 0 fully saturated rings. The molecule has 188 valence electrons. The largest absolute Gasteiger partial charge is 0.486 e. The van der Waals surface area contributed by atoms with Crippen molar-refractivity contribution in [2.75, 3.05) is 0 Å². The highest BCUT2D eigenvalue weighted by atomic mass is 32.1. The van der Waals surface area contributed by atoms with Crippen LogP contribution in [-0.4, -0.2) is 39.3 Å². The Morgan fingerprint density at radius 2 is 1.79 bits per heavy atom. The molecule has 4 aromatic heterocycles. The van der Waals surface area contributed by atoms with Gasteiger partial charge >= 0.3 is 0 Å². The number of pyridine rings is 2. The molecule has 0 amide bonds. The van der Waals surface area contributed by atoms with Crippen LogP contribution < -0.4 is 9.47 Å². The number of H-pyrrole nitrogens is 1. The third kappa shape index (κ3) is 5.04. The molecule has 0 radical (unpaired) electrons. The van der Waals surface area contributed by atoms with E-state index in [1.807, 2.05) is 42.5 Å². The van der Waals surface area contributed by atoms with E-state index in [2.05, 4.69) is 59.5 Å². The van der Waals surface area contributed by atoms with E-state index in [1.165, 1.54) is 0 Å². The van der Waals surface area contributed by atoms with Crippen molar-refractivity contribution >= 4 is 22.8 Å². The molecule has 0 spiro atoms. The molecule has 0 atom stereocenters. The van der Waals surface area contributed by atoms with Gasteiger partial charge in [0.05, 0.1) is 23.4 Å². The van der Waals surface area contributed by atoms with Gasteiger partial charge in [0.2, 0.25) is 11.7 Å². The van der Waals surface area contributed by atoms with Crippen LogP contribution in [0, 0.1) is 0 Å². The summed E-state index contributed by atoms with van der Waals surface area (Å²) in [5.74, 6) is 1.63. The van der Waals surface area contributed by atoms with Gasteiger partial charge in [-0.2, -0.15) is 14.0 Å². The van der Waals surface area contributed by atoms with E-state index in [0.717, 1.165) is 57.3 Å². The Morgan fingerprint density at radius 3 is 2.58 bits per heavy atom. The first kappa shape index (κ1) is 23.6. The van der Waals surface area contributed by atoms with E-state index in [0.29, 0.717) is 29.6 Å². The van der Waals surface area contributed by atoms with Crippen LogP contribution in [0.1, 0.15) is 23.9 Å². The van der Waals surface area contributed by atoms with Crippen molar-refractivity contribution in [3.63, 3.8) is 0 Å². The molecule has 0 unspecified atom stereocenters. The quantitative estimate of drug-likeness (QED) is 0.278. The fourth-order valence-electron chi connectivity index (χ4n) is 4.05. The second kappa shape index (κ2) is 10.7. The van der Waals surface area contributed by atoms with E-state index in [1.54, 1.807) is 12.3 Å². The number of nitrogens with one attached hydrogen (secondary N) is 1. The lowest BCUT2D eigenvalue weighted by Crippen LogP contribution is -2.02. The van der Waals surface area contributed by atoms with Crippen molar-refractivity contribution < 1.29 is 9.47 Å². The minimum Gasteiger partial charge on any atom is -0.486 e. The fourth-order valence-corrected chi connectivity index (χ4v) is 4.47. The monoisotopic (exact) mass is 522 g/mol. The lowest BCUT2D eigenvalue weighted by Gasteiger charge is -2.13. The number of aryl methyl sites for hydroxylation is 1. The van der Waals surface area contributed by atoms with Crippen molar-refractivity contribution in [1.29, 1.82) is 0 Å². The second-order valence-corrected chi connectivity index (χ2v) is 9.00. The number of tetrazole rings is 1. The summed E-state index contributed by atoms with van der Waals surface area (Å²) in [5, 5.41) is 14.7. The predicted octanol–water partition coefficient (Wildman–Crippen LogP) is 5.05. The number of benzene rings is 2. The van der Waals surface area contributed by atoms with Gasteiger partial charge in [-0.3, -0.25) is 4.98 Å². The molecule has 38 heavy (non-hydrogen) atoms. The molecule has 2 aromatic carbocycles. The molecular formula is C27H22N8O2S. The molecule has 0 bridgehead atoms. The van der Waals surface area contributed by atoms with Crippen LogP contribution in [0.25, 0.3) is 33.5 Å². The lowest BCUT2D eigenvalue weighted by molar-refractivity contribution is 0.289. The van der Waals surface area contributed by atoms with Gasteiger partial charge in [0.15, 0.2) is 0 Å². The van der Waals surface area contributed by atoms with Crippen molar-refractivity contribution in [2.45, 2.75) is 26.6 Å². The summed E-state index contributed by atoms with van der Waals surface area (Å²) in [7, 11) is 0. The van der Waals surface area contributed by atoms with Crippen LogP contribution in [-0.2, 0) is 19.6 Å². The van der Waals surface area contributed by atoms with Gasteiger partial charge in [0, 0.05) is 23.4 Å². The first-order chi connectivity index (χ1) is 18.8. The van der Waals surface area contributed by atoms with Gasteiger partial charge in [0.25, 0.3) is 0 Å². The minimum absolute atomic E-state index is 0.290. The molecule has 6 rings (SSSR count). The summed E-state index contributed by atoms with van der Waals surface area (Å²) >= 11 is 1.14. The zero-order valence-corrected chi connectivity index (χ0v) is 21.2. The smallest absolute Gasteiger partial charge is 0.214 e. The third-order valence-electron chi connectivity index (χ3n) is 5.93. The van der Waals surface area contributed by atoms with E-state index in [4.69, 9.17) is 14.5 Å². The van der Waals surface area contributed by atoms with Gasteiger partial charge in [-0.25, -0.2) is 4.98 Å². The van der Waals surface area contributed by atoms with E-state index in [-0.39, 0.29) is 6.61 Å². The second-order valence-electron chi connectivity index (χ2n) is 8.44. The van der Waals surface area contributed by atoms with Crippen molar-refractivity contribution in [3.05, 3.63) is 89.9 Å². The van der Waals surface area contributed by atoms with E-state index < -0.39 is 0 Å². The number of aromatic nitrogens is 8. The molecule has 11 heteroatoms. The van der Waals surface area contributed by atoms with Crippen LogP contribution in [0.3, 0.4) is 0 Å². The SMILES string of the molecule is CCc1cc(OCc2ccc(-c3ccccc3)c(-c3nn[nH]n3)c2)c2nc(OCc3cnsn3)ccc2n1. The zero-order valence-electron chi connectivity index (χ0n) is 20.4. The Labute approximate surface area is 222 Å². The van der Waals surface area contributed by atoms with Gasteiger partial charge in [-0.05, 0) is 40.5 Å². The number of ether oxygens (including phenoxy) is 2. The van der Waals surface area contributed by atoms with Gasteiger partial charge in [-0.15, -0.1) is 10.2 Å². The number of hydrogen-bond acceptors (Lipinski definition) is 10. The topological polar surface area (TPSA) is 124 Å². The maximum absolute atomic E-state index is 6.33. The van der Waals surface area contributed by atoms with Crippen LogP contribution >= 0.6 is 11.7 Å². The third-order valence-corrected chi connectivity index (χ3v) is 6.45. The summed E-state index contributed by atoms with van der Waals surface area (Å²) in [4.78, 5) is 9.40. The number of hydrogen-bond donors (Lipinski definition) is 1. The summed E-state index contributed by atoms with van der Waals surface area (Å²) in [6.45, 7) is 2.67. The first-order valence-corrected chi connectivity index (χ1v) is 12.7. The van der Waals surface area contributed by atoms with Crippen LogP contribution in [0.15, 0.2) is 72.9 Å². The minimum atomic E-state index is 0.290. The summed E-state index contributed by atoms with van der Waals surface area (Å²) in [6.07, 6.45) is 2.45. The Morgan fingerprint density at radius 1 is 0.868 bits per heavy atom. The van der Waals surface area contributed by atoms with Crippen LogP contribution in [0.2, 0.25) is 0 Å². The average Bonchev–Trinajstić information content (AvgIpc) is 3.70. The first-order valence-electron chi connectivity index (χ1n) is 12.0. The normalized spacial score (nSPS) is 11.1. The fraction of sp³-hybridized carbons (Fsp3) is 0.148. The molecular weight excluding hydrogens is 500 g/mol. The molecule has 0 saturated heterocycles. The molecule has 0 aliphatic rings. The maximum atomic E-state index is 6.33. The highest BCUT2D eigenvalue weighted by Crippen LogP contribution is 2.32. The lowest BCUT2D eigenvalue weighted by atomic mass is 9.97. The average molecular weight is 523 g/mol. The molecule has 4 heterocycles. The molecule has 0 aliphatic heterocycles. The summed E-state index contributed by atoms with van der Waals surface area (Å²) in [6, 6.07) is 21.9. The van der Waals surface area contributed by atoms with Gasteiger partial charge < -0.3 is 9.47 Å². The van der Waals surface area contributed by atoms with Crippen molar-refractivity contribution in [2.24, 2.45) is 0 Å².